The van der Waals surface area contributed by atoms with Crippen molar-refractivity contribution in [3.8, 4) is 5.75 Å². The van der Waals surface area contributed by atoms with Crippen molar-refractivity contribution in [3.63, 3.8) is 0 Å². The van der Waals surface area contributed by atoms with Crippen LogP contribution in [0.3, 0.4) is 0 Å². The molecule has 0 atom stereocenters. The Morgan fingerprint density at radius 1 is 1.27 bits per heavy atom. The SMILES string of the molecule is CCOc1ccc(NC(=O)/C=C/c2c(F)cccc2Cl)cc1S(=O)(=O)N1CCCC1. The third-order valence-electron chi connectivity index (χ3n) is 4.60. The van der Waals surface area contributed by atoms with Crippen LogP contribution >= 0.6 is 11.6 Å². The number of halogens is 2. The summed E-state index contributed by atoms with van der Waals surface area (Å²) in [5, 5.41) is 2.77. The summed E-state index contributed by atoms with van der Waals surface area (Å²) in [5.41, 5.74) is 0.379. The van der Waals surface area contributed by atoms with Gasteiger partial charge in [-0.25, -0.2) is 12.8 Å². The second-order valence-corrected chi connectivity index (χ2v) is 8.98. The molecule has 3 rings (SSSR count). The molecule has 0 radical (unpaired) electrons. The Balaban J connectivity index is 1.84. The second-order valence-electron chi connectivity index (χ2n) is 6.66. The normalized spacial score (nSPS) is 14.9. The molecule has 1 fully saturated rings. The highest BCUT2D eigenvalue weighted by Gasteiger charge is 2.30. The Bertz CT molecular complexity index is 1050. The summed E-state index contributed by atoms with van der Waals surface area (Å²) in [6, 6.07) is 8.67. The van der Waals surface area contributed by atoms with Crippen molar-refractivity contribution in [2.45, 2.75) is 24.7 Å². The molecule has 0 aliphatic carbocycles. The number of sulfonamides is 1. The van der Waals surface area contributed by atoms with Gasteiger partial charge in [0.25, 0.3) is 0 Å². The lowest BCUT2D eigenvalue weighted by Crippen LogP contribution is -2.28. The molecule has 0 unspecified atom stereocenters. The van der Waals surface area contributed by atoms with Crippen LogP contribution in [0.5, 0.6) is 5.75 Å². The monoisotopic (exact) mass is 452 g/mol. The van der Waals surface area contributed by atoms with Crippen LogP contribution in [-0.2, 0) is 14.8 Å². The van der Waals surface area contributed by atoms with Gasteiger partial charge in [-0.05, 0) is 56.2 Å². The van der Waals surface area contributed by atoms with Crippen molar-refractivity contribution >= 4 is 39.3 Å². The summed E-state index contributed by atoms with van der Waals surface area (Å²) in [5.74, 6) is -0.870. The maximum atomic E-state index is 13.8. The molecule has 1 amide bonds. The third-order valence-corrected chi connectivity index (χ3v) is 6.84. The summed E-state index contributed by atoms with van der Waals surface area (Å²) in [7, 11) is -3.74. The van der Waals surface area contributed by atoms with Gasteiger partial charge in [-0.2, -0.15) is 4.31 Å². The molecule has 1 saturated heterocycles. The lowest BCUT2D eigenvalue weighted by Gasteiger charge is -2.19. The first-order valence-corrected chi connectivity index (χ1v) is 11.3. The maximum Gasteiger partial charge on any atom is 0.248 e. The van der Waals surface area contributed by atoms with Crippen LogP contribution in [0.2, 0.25) is 5.02 Å². The summed E-state index contributed by atoms with van der Waals surface area (Å²) < 4.78 is 46.8. The molecule has 0 saturated carbocycles. The van der Waals surface area contributed by atoms with E-state index >= 15 is 0 Å². The minimum Gasteiger partial charge on any atom is -0.492 e. The molecule has 0 spiro atoms. The number of hydrogen-bond acceptors (Lipinski definition) is 4. The highest BCUT2D eigenvalue weighted by molar-refractivity contribution is 7.89. The zero-order valence-electron chi connectivity index (χ0n) is 16.4. The lowest BCUT2D eigenvalue weighted by molar-refractivity contribution is -0.111. The zero-order valence-corrected chi connectivity index (χ0v) is 18.0. The van der Waals surface area contributed by atoms with Gasteiger partial charge < -0.3 is 10.1 Å². The average Bonchev–Trinajstić information content (AvgIpc) is 3.25. The zero-order chi connectivity index (χ0) is 21.7. The Kier molecular flexibility index (Phi) is 7.12. The summed E-state index contributed by atoms with van der Waals surface area (Å²) >= 11 is 5.95. The van der Waals surface area contributed by atoms with Gasteiger partial charge in [0.05, 0.1) is 11.6 Å². The molecule has 1 aliphatic rings. The maximum absolute atomic E-state index is 13.8. The number of nitrogens with zero attached hydrogens (tertiary/aromatic N) is 1. The molecule has 1 aliphatic heterocycles. The van der Waals surface area contributed by atoms with Gasteiger partial charge in [0.15, 0.2) is 0 Å². The van der Waals surface area contributed by atoms with Gasteiger partial charge in [-0.1, -0.05) is 17.7 Å². The van der Waals surface area contributed by atoms with Crippen molar-refractivity contribution in [2.24, 2.45) is 0 Å². The van der Waals surface area contributed by atoms with E-state index in [0.29, 0.717) is 19.7 Å². The molecule has 1 N–H and O–H groups in total. The van der Waals surface area contributed by atoms with Crippen LogP contribution in [0.1, 0.15) is 25.3 Å². The molecular weight excluding hydrogens is 431 g/mol. The number of carbonyl (C=O) groups is 1. The third kappa shape index (κ3) is 5.00. The first-order valence-electron chi connectivity index (χ1n) is 9.53. The van der Waals surface area contributed by atoms with Gasteiger partial charge in [0.1, 0.15) is 16.5 Å². The van der Waals surface area contributed by atoms with Gasteiger partial charge in [-0.3, -0.25) is 4.79 Å². The number of rotatable bonds is 7. The highest BCUT2D eigenvalue weighted by Crippen LogP contribution is 2.31. The van der Waals surface area contributed by atoms with Gasteiger partial charge in [0.2, 0.25) is 15.9 Å². The molecule has 0 bridgehead atoms. The van der Waals surface area contributed by atoms with E-state index in [-0.39, 0.29) is 26.9 Å². The first-order chi connectivity index (χ1) is 14.3. The van der Waals surface area contributed by atoms with Crippen molar-refractivity contribution in [1.29, 1.82) is 0 Å². The summed E-state index contributed by atoms with van der Waals surface area (Å²) in [6.45, 7) is 2.98. The molecule has 9 heteroatoms. The smallest absolute Gasteiger partial charge is 0.248 e. The predicted molar refractivity (Wildman–Crippen MR) is 115 cm³/mol. The molecule has 160 valence electrons. The molecule has 2 aromatic carbocycles. The van der Waals surface area contributed by atoms with Crippen molar-refractivity contribution in [3.05, 3.63) is 58.9 Å². The Morgan fingerprint density at radius 2 is 2.00 bits per heavy atom. The van der Waals surface area contributed by atoms with Crippen LogP contribution < -0.4 is 10.1 Å². The van der Waals surface area contributed by atoms with Crippen LogP contribution in [0.15, 0.2) is 47.4 Å². The fourth-order valence-electron chi connectivity index (χ4n) is 3.14. The predicted octanol–water partition coefficient (Wildman–Crippen LogP) is 4.31. The number of amides is 1. The van der Waals surface area contributed by atoms with Crippen molar-refractivity contribution in [1.82, 2.24) is 4.31 Å². The summed E-state index contributed by atoms with van der Waals surface area (Å²) in [6.07, 6.45) is 4.02. The molecule has 0 aromatic heterocycles. The van der Waals surface area contributed by atoms with Crippen molar-refractivity contribution < 1.29 is 22.3 Å². The Hall–Kier alpha value is -2.42. The topological polar surface area (TPSA) is 75.7 Å². The van der Waals surface area contributed by atoms with Crippen LogP contribution in [0, 0.1) is 5.82 Å². The number of ether oxygens (including phenoxy) is 1. The molecule has 2 aromatic rings. The minimum absolute atomic E-state index is 0.00479. The molecule has 30 heavy (non-hydrogen) atoms. The number of nitrogens with one attached hydrogen (secondary N) is 1. The minimum atomic E-state index is -3.74. The lowest BCUT2D eigenvalue weighted by atomic mass is 10.2. The van der Waals surface area contributed by atoms with E-state index in [2.05, 4.69) is 5.32 Å². The molecule has 1 heterocycles. The molecular formula is C21H22ClFN2O4S. The van der Waals surface area contributed by atoms with E-state index in [4.69, 9.17) is 16.3 Å². The van der Waals surface area contributed by atoms with E-state index in [1.165, 1.54) is 40.7 Å². The van der Waals surface area contributed by atoms with Gasteiger partial charge >= 0.3 is 0 Å². The second kappa shape index (κ2) is 9.59. The van der Waals surface area contributed by atoms with Crippen LogP contribution in [-0.4, -0.2) is 38.3 Å². The fraction of sp³-hybridized carbons (Fsp3) is 0.286. The highest BCUT2D eigenvalue weighted by atomic mass is 35.5. The van der Waals surface area contributed by atoms with E-state index in [0.717, 1.165) is 18.9 Å². The van der Waals surface area contributed by atoms with E-state index in [1.807, 2.05) is 0 Å². The fourth-order valence-corrected chi connectivity index (χ4v) is 5.04. The van der Waals surface area contributed by atoms with Gasteiger partial charge in [-0.15, -0.1) is 0 Å². The Morgan fingerprint density at radius 3 is 2.67 bits per heavy atom. The number of carbonyl (C=O) groups excluding carboxylic acids is 1. The van der Waals surface area contributed by atoms with E-state index in [1.54, 1.807) is 13.0 Å². The molecule has 6 nitrogen and oxygen atoms in total. The van der Waals surface area contributed by atoms with Gasteiger partial charge in [0, 0.05) is 30.4 Å². The first kappa shape index (κ1) is 22.3. The standard InChI is InChI=1S/C21H22ClFN2O4S/c1-2-29-19-10-8-15(14-20(19)30(27,28)25-12-3-4-13-25)24-21(26)11-9-16-17(22)6-5-7-18(16)23/h5-11,14H,2-4,12-13H2,1H3,(H,24,26)/b11-9+. The number of anilines is 1. The average molecular weight is 453 g/mol. The number of hydrogen-bond donors (Lipinski definition) is 1. The van der Waals surface area contributed by atoms with Crippen LogP contribution in [0.4, 0.5) is 10.1 Å². The van der Waals surface area contributed by atoms with E-state index in [9.17, 15) is 17.6 Å². The summed E-state index contributed by atoms with van der Waals surface area (Å²) in [4.78, 5) is 12.3. The largest absolute Gasteiger partial charge is 0.492 e. The quantitative estimate of drug-likeness (QED) is 0.635. The Labute approximate surface area is 180 Å². The van der Waals surface area contributed by atoms with Crippen LogP contribution in [0.25, 0.3) is 6.08 Å². The van der Waals surface area contributed by atoms with E-state index < -0.39 is 21.7 Å². The van der Waals surface area contributed by atoms with Crippen molar-refractivity contribution in [2.75, 3.05) is 25.0 Å². The number of benzene rings is 2.